The molecule has 0 bridgehead atoms. The van der Waals surface area contributed by atoms with Gasteiger partial charge in [-0.1, -0.05) is 6.07 Å². The van der Waals surface area contributed by atoms with Crippen molar-refractivity contribution in [3.63, 3.8) is 0 Å². The zero-order valence-electron chi connectivity index (χ0n) is 18.4. The van der Waals surface area contributed by atoms with Crippen molar-refractivity contribution in [2.75, 3.05) is 19.6 Å². The third-order valence-corrected chi connectivity index (χ3v) is 5.61. The van der Waals surface area contributed by atoms with Crippen LogP contribution < -0.4 is 5.32 Å². The molecule has 3 rings (SSSR count). The summed E-state index contributed by atoms with van der Waals surface area (Å²) in [6.45, 7) is 6.06. The summed E-state index contributed by atoms with van der Waals surface area (Å²) in [6.07, 6.45) is -2.90. The van der Waals surface area contributed by atoms with E-state index in [-0.39, 0.29) is 30.1 Å². The minimum absolute atomic E-state index is 0.151. The van der Waals surface area contributed by atoms with E-state index in [9.17, 15) is 27.6 Å². The number of fused-ring (bicyclic) bond motifs is 1. The Morgan fingerprint density at radius 1 is 1.06 bits per heavy atom. The van der Waals surface area contributed by atoms with E-state index >= 15 is 0 Å². The summed E-state index contributed by atoms with van der Waals surface area (Å²) < 4.78 is 44.1. The summed E-state index contributed by atoms with van der Waals surface area (Å²) in [5.74, 6) is -1.08. The van der Waals surface area contributed by atoms with Gasteiger partial charge in [0.05, 0.1) is 24.2 Å². The fourth-order valence-electron chi connectivity index (χ4n) is 4.24. The van der Waals surface area contributed by atoms with Crippen molar-refractivity contribution in [2.24, 2.45) is 0 Å². The first-order chi connectivity index (χ1) is 14.9. The lowest BCUT2D eigenvalue weighted by atomic mass is 9.97. The van der Waals surface area contributed by atoms with Crippen LogP contribution in [-0.2, 0) is 15.7 Å². The van der Waals surface area contributed by atoms with Crippen molar-refractivity contribution in [1.82, 2.24) is 15.1 Å². The van der Waals surface area contributed by atoms with Crippen LogP contribution in [0.3, 0.4) is 0 Å². The molecule has 2 atom stereocenters. The van der Waals surface area contributed by atoms with Crippen LogP contribution in [0.4, 0.5) is 18.0 Å². The molecule has 32 heavy (non-hydrogen) atoms. The highest BCUT2D eigenvalue weighted by Crippen LogP contribution is 2.32. The standard InChI is InChI=1S/C22H28F3N3O4/c1-21(2,3)32-20(31)28-10-5-8-16-17(28)9-11-27(16)18(29)13-26-19(30)14-6-4-7-15(12-14)22(23,24)25/h4,6-7,12,16-17H,5,8-11,13H2,1-3H3,(H,26,30). The molecular weight excluding hydrogens is 427 g/mol. The predicted molar refractivity (Wildman–Crippen MR) is 110 cm³/mol. The van der Waals surface area contributed by atoms with Gasteiger partial charge in [-0.25, -0.2) is 4.79 Å². The summed E-state index contributed by atoms with van der Waals surface area (Å²) in [5, 5.41) is 2.41. The monoisotopic (exact) mass is 455 g/mol. The number of hydrogen-bond acceptors (Lipinski definition) is 4. The first kappa shape index (κ1) is 23.9. The number of ether oxygens (including phenoxy) is 1. The number of hydrogen-bond donors (Lipinski definition) is 1. The number of amides is 3. The van der Waals surface area contributed by atoms with Gasteiger partial charge in [-0.05, 0) is 58.2 Å². The maximum Gasteiger partial charge on any atom is 0.416 e. The smallest absolute Gasteiger partial charge is 0.416 e. The molecule has 0 radical (unpaired) electrons. The van der Waals surface area contributed by atoms with Crippen LogP contribution >= 0.6 is 0 Å². The van der Waals surface area contributed by atoms with Gasteiger partial charge in [0.15, 0.2) is 0 Å². The zero-order valence-corrected chi connectivity index (χ0v) is 18.4. The molecule has 1 aromatic carbocycles. The molecule has 3 amide bonds. The van der Waals surface area contributed by atoms with Gasteiger partial charge in [-0.2, -0.15) is 13.2 Å². The number of rotatable bonds is 3. The van der Waals surface area contributed by atoms with Crippen molar-refractivity contribution in [3.8, 4) is 0 Å². The summed E-state index contributed by atoms with van der Waals surface area (Å²) in [6, 6.07) is 3.73. The molecule has 0 aromatic heterocycles. The fourth-order valence-corrected chi connectivity index (χ4v) is 4.24. The molecule has 0 saturated carbocycles. The number of piperidine rings is 1. The van der Waals surface area contributed by atoms with E-state index in [2.05, 4.69) is 5.32 Å². The van der Waals surface area contributed by atoms with Crippen LogP contribution in [-0.4, -0.2) is 65.0 Å². The van der Waals surface area contributed by atoms with Crippen molar-refractivity contribution in [2.45, 2.75) is 63.9 Å². The molecule has 2 heterocycles. The van der Waals surface area contributed by atoms with Crippen LogP contribution in [0.25, 0.3) is 0 Å². The van der Waals surface area contributed by atoms with Gasteiger partial charge in [0, 0.05) is 18.7 Å². The number of alkyl halides is 3. The highest BCUT2D eigenvalue weighted by Gasteiger charge is 2.44. The Labute approximate surface area is 184 Å². The number of nitrogens with one attached hydrogen (secondary N) is 1. The highest BCUT2D eigenvalue weighted by molar-refractivity contribution is 5.96. The summed E-state index contributed by atoms with van der Waals surface area (Å²) >= 11 is 0. The number of carbonyl (C=O) groups is 3. The molecular formula is C22H28F3N3O4. The van der Waals surface area contributed by atoms with E-state index in [1.807, 2.05) is 0 Å². The summed E-state index contributed by atoms with van der Waals surface area (Å²) in [7, 11) is 0. The molecule has 2 unspecified atom stereocenters. The second kappa shape index (κ2) is 8.99. The molecule has 2 fully saturated rings. The molecule has 176 valence electrons. The van der Waals surface area contributed by atoms with Crippen molar-refractivity contribution in [3.05, 3.63) is 35.4 Å². The average molecular weight is 455 g/mol. The second-order valence-corrected chi connectivity index (χ2v) is 9.09. The molecule has 10 heteroatoms. The Morgan fingerprint density at radius 2 is 1.75 bits per heavy atom. The van der Waals surface area contributed by atoms with E-state index in [4.69, 9.17) is 4.74 Å². The van der Waals surface area contributed by atoms with Gasteiger partial charge in [0.25, 0.3) is 5.91 Å². The lowest BCUT2D eigenvalue weighted by Gasteiger charge is -2.40. The number of halogens is 3. The van der Waals surface area contributed by atoms with Crippen molar-refractivity contribution < 1.29 is 32.3 Å². The maximum absolute atomic E-state index is 12.9. The van der Waals surface area contributed by atoms with Crippen molar-refractivity contribution >= 4 is 17.9 Å². The Morgan fingerprint density at radius 3 is 2.41 bits per heavy atom. The largest absolute Gasteiger partial charge is 0.444 e. The first-order valence-electron chi connectivity index (χ1n) is 10.6. The molecule has 2 saturated heterocycles. The van der Waals surface area contributed by atoms with E-state index in [1.54, 1.807) is 30.6 Å². The maximum atomic E-state index is 12.9. The van der Waals surface area contributed by atoms with Gasteiger partial charge in [-0.15, -0.1) is 0 Å². The van der Waals surface area contributed by atoms with E-state index in [0.717, 1.165) is 31.0 Å². The Kier molecular flexibility index (Phi) is 6.71. The van der Waals surface area contributed by atoms with E-state index in [0.29, 0.717) is 19.5 Å². The molecule has 1 aromatic rings. The van der Waals surface area contributed by atoms with Crippen LogP contribution in [0.2, 0.25) is 0 Å². The summed E-state index contributed by atoms with van der Waals surface area (Å²) in [5.41, 5.74) is -1.71. The summed E-state index contributed by atoms with van der Waals surface area (Å²) in [4.78, 5) is 40.9. The van der Waals surface area contributed by atoms with Crippen LogP contribution in [0.15, 0.2) is 24.3 Å². The van der Waals surface area contributed by atoms with Crippen LogP contribution in [0, 0.1) is 0 Å². The SMILES string of the molecule is CC(C)(C)OC(=O)N1CCCC2C1CCN2C(=O)CNC(=O)c1cccc(C(F)(F)F)c1. The van der Waals surface area contributed by atoms with Gasteiger partial charge in [-0.3, -0.25) is 9.59 Å². The third kappa shape index (κ3) is 5.52. The molecule has 2 aliphatic rings. The normalized spacial score (nSPS) is 21.2. The average Bonchev–Trinajstić information content (AvgIpc) is 3.14. The quantitative estimate of drug-likeness (QED) is 0.758. The molecule has 0 aliphatic carbocycles. The third-order valence-electron chi connectivity index (χ3n) is 5.61. The second-order valence-electron chi connectivity index (χ2n) is 9.09. The van der Waals surface area contributed by atoms with Crippen molar-refractivity contribution in [1.29, 1.82) is 0 Å². The Bertz CT molecular complexity index is 882. The fraction of sp³-hybridized carbons (Fsp3) is 0.591. The van der Waals surface area contributed by atoms with E-state index in [1.165, 1.54) is 6.07 Å². The highest BCUT2D eigenvalue weighted by atomic mass is 19.4. The topological polar surface area (TPSA) is 79.0 Å². The zero-order chi connectivity index (χ0) is 23.7. The number of carbonyl (C=O) groups excluding carboxylic acids is 3. The van der Waals surface area contributed by atoms with Crippen LogP contribution in [0.1, 0.15) is 56.0 Å². The minimum Gasteiger partial charge on any atom is -0.444 e. The van der Waals surface area contributed by atoms with Crippen LogP contribution in [0.5, 0.6) is 0 Å². The van der Waals surface area contributed by atoms with Gasteiger partial charge in [0.1, 0.15) is 5.60 Å². The molecule has 1 N–H and O–H groups in total. The van der Waals surface area contributed by atoms with E-state index < -0.39 is 29.3 Å². The van der Waals surface area contributed by atoms with Gasteiger partial charge in [0.2, 0.25) is 5.91 Å². The number of benzene rings is 1. The number of nitrogens with zero attached hydrogens (tertiary/aromatic N) is 2. The number of likely N-dealkylation sites (tertiary alicyclic amines) is 2. The molecule has 7 nitrogen and oxygen atoms in total. The molecule has 2 aliphatic heterocycles. The minimum atomic E-state index is -4.56. The Balaban J connectivity index is 1.60. The lowest BCUT2D eigenvalue weighted by Crippen LogP contribution is -2.54. The lowest BCUT2D eigenvalue weighted by molar-refractivity contribution is -0.137. The Hall–Kier alpha value is -2.78. The predicted octanol–water partition coefficient (Wildman–Crippen LogP) is 3.44. The van der Waals surface area contributed by atoms with Gasteiger partial charge < -0.3 is 19.9 Å². The first-order valence-corrected chi connectivity index (χ1v) is 10.6. The van der Waals surface area contributed by atoms with Gasteiger partial charge >= 0.3 is 12.3 Å². The molecule has 0 spiro atoms.